The third kappa shape index (κ3) is 2.01. The number of aromatic nitrogens is 1. The number of methoxy groups -OCH3 is 1. The molecule has 0 aliphatic carbocycles. The van der Waals surface area contributed by atoms with Gasteiger partial charge >= 0.3 is 0 Å². The SMILES string of the molecule is CCNc1[c]cc2cc(OC)ccc2n1. The van der Waals surface area contributed by atoms with Crippen molar-refractivity contribution in [3.8, 4) is 5.75 Å². The Kier molecular flexibility index (Phi) is 2.72. The summed E-state index contributed by atoms with van der Waals surface area (Å²) in [6, 6.07) is 10.8. The average Bonchev–Trinajstić information content (AvgIpc) is 2.29. The van der Waals surface area contributed by atoms with Crippen LogP contribution in [0, 0.1) is 6.07 Å². The fraction of sp³-hybridized carbons (Fsp3) is 0.250. The summed E-state index contributed by atoms with van der Waals surface area (Å²) in [5.74, 6) is 1.63. The molecule has 77 valence electrons. The Bertz CT molecular complexity index is 468. The molecule has 0 fully saturated rings. The smallest absolute Gasteiger partial charge is 0.134 e. The van der Waals surface area contributed by atoms with Gasteiger partial charge < -0.3 is 10.1 Å². The van der Waals surface area contributed by atoms with Crippen molar-refractivity contribution in [2.45, 2.75) is 6.92 Å². The first-order chi connectivity index (χ1) is 7.33. The molecule has 15 heavy (non-hydrogen) atoms. The monoisotopic (exact) mass is 201 g/mol. The van der Waals surface area contributed by atoms with Gasteiger partial charge in [0.05, 0.1) is 12.6 Å². The van der Waals surface area contributed by atoms with E-state index in [9.17, 15) is 0 Å². The van der Waals surface area contributed by atoms with Crippen molar-refractivity contribution < 1.29 is 4.74 Å². The summed E-state index contributed by atoms with van der Waals surface area (Å²) in [4.78, 5) is 4.42. The molecule has 0 aliphatic heterocycles. The first kappa shape index (κ1) is 9.77. The van der Waals surface area contributed by atoms with Gasteiger partial charge in [0.1, 0.15) is 11.6 Å². The molecule has 3 heteroatoms. The number of nitrogens with one attached hydrogen (secondary N) is 1. The summed E-state index contributed by atoms with van der Waals surface area (Å²) in [6.45, 7) is 2.89. The van der Waals surface area contributed by atoms with Crippen LogP contribution < -0.4 is 10.1 Å². The third-order valence-electron chi connectivity index (χ3n) is 2.18. The lowest BCUT2D eigenvalue weighted by molar-refractivity contribution is 0.415. The van der Waals surface area contributed by atoms with Gasteiger partial charge in [0, 0.05) is 18.0 Å². The van der Waals surface area contributed by atoms with Crippen LogP contribution >= 0.6 is 0 Å². The van der Waals surface area contributed by atoms with Crippen molar-refractivity contribution in [2.75, 3.05) is 19.0 Å². The molecule has 0 amide bonds. The Labute approximate surface area is 89.1 Å². The molecular formula is C12H13N2O. The van der Waals surface area contributed by atoms with Gasteiger partial charge in [-0.2, -0.15) is 0 Å². The van der Waals surface area contributed by atoms with Crippen molar-refractivity contribution in [3.63, 3.8) is 0 Å². The van der Waals surface area contributed by atoms with E-state index in [2.05, 4.69) is 16.4 Å². The predicted molar refractivity (Wildman–Crippen MR) is 61.3 cm³/mol. The van der Waals surface area contributed by atoms with Crippen LogP contribution in [-0.2, 0) is 0 Å². The predicted octanol–water partition coefficient (Wildman–Crippen LogP) is 2.48. The van der Waals surface area contributed by atoms with Gasteiger partial charge in [0.2, 0.25) is 0 Å². The van der Waals surface area contributed by atoms with Gasteiger partial charge in [-0.15, -0.1) is 0 Å². The van der Waals surface area contributed by atoms with E-state index in [1.807, 2.05) is 31.2 Å². The van der Waals surface area contributed by atoms with Gasteiger partial charge in [0.25, 0.3) is 0 Å². The molecule has 3 nitrogen and oxygen atoms in total. The van der Waals surface area contributed by atoms with Gasteiger partial charge in [-0.1, -0.05) is 0 Å². The Morgan fingerprint density at radius 1 is 1.47 bits per heavy atom. The fourth-order valence-corrected chi connectivity index (χ4v) is 1.43. The lowest BCUT2D eigenvalue weighted by Gasteiger charge is -2.04. The first-order valence-corrected chi connectivity index (χ1v) is 4.94. The third-order valence-corrected chi connectivity index (χ3v) is 2.18. The Morgan fingerprint density at radius 2 is 2.33 bits per heavy atom. The Morgan fingerprint density at radius 3 is 3.07 bits per heavy atom. The number of rotatable bonds is 3. The van der Waals surface area contributed by atoms with Crippen LogP contribution in [0.25, 0.3) is 10.9 Å². The van der Waals surface area contributed by atoms with E-state index in [1.165, 1.54) is 0 Å². The molecule has 2 aromatic rings. The molecule has 1 aromatic carbocycles. The standard InChI is InChI=1S/C12H13N2O/c1-3-13-12-7-4-9-8-10(15-2)5-6-11(9)14-12/h4-6,8H,3H2,1-2H3,(H,13,14). The van der Waals surface area contributed by atoms with Gasteiger partial charge in [0.15, 0.2) is 0 Å². The van der Waals surface area contributed by atoms with E-state index in [1.54, 1.807) is 7.11 Å². The molecule has 0 spiro atoms. The van der Waals surface area contributed by atoms with Crippen molar-refractivity contribution in [2.24, 2.45) is 0 Å². The minimum absolute atomic E-state index is 0.787. The first-order valence-electron chi connectivity index (χ1n) is 4.94. The maximum Gasteiger partial charge on any atom is 0.134 e. The van der Waals surface area contributed by atoms with E-state index in [4.69, 9.17) is 4.74 Å². The van der Waals surface area contributed by atoms with Gasteiger partial charge in [-0.05, 0) is 31.2 Å². The molecule has 0 saturated carbocycles. The van der Waals surface area contributed by atoms with Crippen molar-refractivity contribution >= 4 is 16.7 Å². The largest absolute Gasteiger partial charge is 0.497 e. The van der Waals surface area contributed by atoms with Crippen LogP contribution in [-0.4, -0.2) is 18.6 Å². The highest BCUT2D eigenvalue weighted by Gasteiger charge is 1.99. The number of nitrogens with zero attached hydrogens (tertiary/aromatic N) is 1. The second-order valence-corrected chi connectivity index (χ2v) is 3.20. The van der Waals surface area contributed by atoms with E-state index in [-0.39, 0.29) is 0 Å². The molecular weight excluding hydrogens is 188 g/mol. The van der Waals surface area contributed by atoms with Crippen LogP contribution in [0.15, 0.2) is 24.3 Å². The summed E-state index contributed by atoms with van der Waals surface area (Å²) in [5, 5.41) is 4.17. The number of benzene rings is 1. The molecule has 1 N–H and O–H groups in total. The maximum absolute atomic E-state index is 5.14. The molecule has 0 saturated heterocycles. The molecule has 0 aliphatic rings. The number of ether oxygens (including phenoxy) is 1. The van der Waals surface area contributed by atoms with E-state index in [0.717, 1.165) is 29.0 Å². The number of hydrogen-bond acceptors (Lipinski definition) is 3. The molecule has 1 radical (unpaired) electrons. The van der Waals surface area contributed by atoms with Crippen LogP contribution in [0.1, 0.15) is 6.92 Å². The Hall–Kier alpha value is -1.77. The number of pyridine rings is 1. The van der Waals surface area contributed by atoms with E-state index in [0.29, 0.717) is 0 Å². The second-order valence-electron chi connectivity index (χ2n) is 3.20. The second kappa shape index (κ2) is 4.17. The molecule has 0 bridgehead atoms. The minimum atomic E-state index is 0.787. The van der Waals surface area contributed by atoms with Crippen molar-refractivity contribution in [1.29, 1.82) is 0 Å². The lowest BCUT2D eigenvalue weighted by Crippen LogP contribution is -1.99. The zero-order chi connectivity index (χ0) is 10.7. The Balaban J connectivity index is 2.45. The average molecular weight is 201 g/mol. The molecule has 1 aromatic heterocycles. The number of fused-ring (bicyclic) bond motifs is 1. The number of anilines is 1. The summed E-state index contributed by atoms with van der Waals surface area (Å²) >= 11 is 0. The van der Waals surface area contributed by atoms with Crippen molar-refractivity contribution in [1.82, 2.24) is 4.98 Å². The summed E-state index contributed by atoms with van der Waals surface area (Å²) in [7, 11) is 1.66. The highest BCUT2D eigenvalue weighted by Crippen LogP contribution is 2.20. The minimum Gasteiger partial charge on any atom is -0.497 e. The van der Waals surface area contributed by atoms with Gasteiger partial charge in [-0.25, -0.2) is 4.98 Å². The zero-order valence-corrected chi connectivity index (χ0v) is 8.87. The molecule has 1 heterocycles. The molecule has 2 rings (SSSR count). The lowest BCUT2D eigenvalue weighted by atomic mass is 10.2. The van der Waals surface area contributed by atoms with Crippen LogP contribution in [0.2, 0.25) is 0 Å². The zero-order valence-electron chi connectivity index (χ0n) is 8.87. The van der Waals surface area contributed by atoms with Crippen molar-refractivity contribution in [3.05, 3.63) is 30.3 Å². The normalized spacial score (nSPS) is 10.3. The highest BCUT2D eigenvalue weighted by molar-refractivity contribution is 5.81. The quantitative estimate of drug-likeness (QED) is 0.828. The van der Waals surface area contributed by atoms with Gasteiger partial charge in [-0.3, -0.25) is 0 Å². The molecule has 0 atom stereocenters. The maximum atomic E-state index is 5.14. The molecule has 0 unspecified atom stereocenters. The fourth-order valence-electron chi connectivity index (χ4n) is 1.43. The summed E-state index contributed by atoms with van der Waals surface area (Å²) in [6.07, 6.45) is 0. The highest BCUT2D eigenvalue weighted by atomic mass is 16.5. The topological polar surface area (TPSA) is 34.1 Å². The van der Waals surface area contributed by atoms with E-state index < -0.39 is 0 Å². The summed E-state index contributed by atoms with van der Waals surface area (Å²) < 4.78 is 5.14. The van der Waals surface area contributed by atoms with E-state index >= 15 is 0 Å². The van der Waals surface area contributed by atoms with Crippen LogP contribution in [0.4, 0.5) is 5.82 Å². The summed E-state index contributed by atoms with van der Waals surface area (Å²) in [5.41, 5.74) is 0.950. The van der Waals surface area contributed by atoms with Crippen LogP contribution in [0.5, 0.6) is 5.75 Å². The number of hydrogen-bond donors (Lipinski definition) is 1. The van der Waals surface area contributed by atoms with Crippen LogP contribution in [0.3, 0.4) is 0 Å².